The first kappa shape index (κ1) is 13.2. The van der Waals surface area contributed by atoms with Crippen molar-refractivity contribution in [1.82, 2.24) is 4.90 Å². The van der Waals surface area contributed by atoms with Crippen LogP contribution >= 0.6 is 0 Å². The average Bonchev–Trinajstić information content (AvgIpc) is 2.29. The van der Waals surface area contributed by atoms with Gasteiger partial charge in [-0.2, -0.15) is 5.26 Å². The number of hydrogen-bond donors (Lipinski definition) is 0. The van der Waals surface area contributed by atoms with Crippen LogP contribution in [0.1, 0.15) is 18.1 Å². The summed E-state index contributed by atoms with van der Waals surface area (Å²) >= 11 is 0. The standard InChI is InChI=1S/C13H16N2O2/c1-3-17-13(16)10-15(2)9-12-7-5-4-6-11(12)8-14/h4-7H,3,9-10H2,1-2H3. The Morgan fingerprint density at radius 1 is 1.47 bits per heavy atom. The Balaban J connectivity index is 2.59. The summed E-state index contributed by atoms with van der Waals surface area (Å²) in [6.45, 7) is 2.96. The van der Waals surface area contributed by atoms with E-state index in [2.05, 4.69) is 6.07 Å². The minimum atomic E-state index is -0.246. The Morgan fingerprint density at radius 2 is 2.18 bits per heavy atom. The number of hydrogen-bond acceptors (Lipinski definition) is 4. The van der Waals surface area contributed by atoms with Crippen LogP contribution in [0.25, 0.3) is 0 Å². The number of benzene rings is 1. The van der Waals surface area contributed by atoms with Crippen LogP contribution < -0.4 is 0 Å². The third-order valence-electron chi connectivity index (χ3n) is 2.28. The Hall–Kier alpha value is -1.86. The minimum absolute atomic E-state index is 0.230. The highest BCUT2D eigenvalue weighted by Gasteiger charge is 2.09. The lowest BCUT2D eigenvalue weighted by Gasteiger charge is -2.16. The molecule has 17 heavy (non-hydrogen) atoms. The van der Waals surface area contributed by atoms with Crippen molar-refractivity contribution < 1.29 is 9.53 Å². The fraction of sp³-hybridized carbons (Fsp3) is 0.385. The van der Waals surface area contributed by atoms with Crippen molar-refractivity contribution in [3.63, 3.8) is 0 Å². The molecule has 90 valence electrons. The van der Waals surface area contributed by atoms with Crippen molar-refractivity contribution in [1.29, 1.82) is 5.26 Å². The van der Waals surface area contributed by atoms with E-state index in [0.717, 1.165) is 5.56 Å². The molecule has 0 amide bonds. The third-order valence-corrected chi connectivity index (χ3v) is 2.28. The van der Waals surface area contributed by atoms with Crippen LogP contribution in [-0.2, 0) is 16.1 Å². The van der Waals surface area contributed by atoms with Crippen LogP contribution in [0.2, 0.25) is 0 Å². The van der Waals surface area contributed by atoms with Crippen LogP contribution in [-0.4, -0.2) is 31.1 Å². The third kappa shape index (κ3) is 4.25. The highest BCUT2D eigenvalue weighted by molar-refractivity contribution is 5.71. The van der Waals surface area contributed by atoms with E-state index in [1.54, 1.807) is 13.0 Å². The first-order valence-corrected chi connectivity index (χ1v) is 5.49. The van der Waals surface area contributed by atoms with Gasteiger partial charge in [0.1, 0.15) is 0 Å². The molecule has 0 aliphatic carbocycles. The normalized spacial score (nSPS) is 10.0. The SMILES string of the molecule is CCOC(=O)CN(C)Cc1ccccc1C#N. The largest absolute Gasteiger partial charge is 0.465 e. The summed E-state index contributed by atoms with van der Waals surface area (Å²) in [5.41, 5.74) is 1.56. The van der Waals surface area contributed by atoms with Crippen LogP contribution in [0, 0.1) is 11.3 Å². The first-order valence-electron chi connectivity index (χ1n) is 5.49. The van der Waals surface area contributed by atoms with Gasteiger partial charge in [0.15, 0.2) is 0 Å². The Kier molecular flexibility index (Phi) is 5.18. The summed E-state index contributed by atoms with van der Waals surface area (Å²) in [5.74, 6) is -0.246. The average molecular weight is 232 g/mol. The van der Waals surface area contributed by atoms with Crippen molar-refractivity contribution in [3.05, 3.63) is 35.4 Å². The molecular formula is C13H16N2O2. The molecule has 0 saturated heterocycles. The highest BCUT2D eigenvalue weighted by atomic mass is 16.5. The fourth-order valence-electron chi connectivity index (χ4n) is 1.54. The van der Waals surface area contributed by atoms with Crippen molar-refractivity contribution in [2.24, 2.45) is 0 Å². The zero-order chi connectivity index (χ0) is 12.7. The van der Waals surface area contributed by atoms with Crippen molar-refractivity contribution in [3.8, 4) is 6.07 Å². The molecule has 1 aromatic carbocycles. The van der Waals surface area contributed by atoms with Gasteiger partial charge >= 0.3 is 5.97 Å². The number of esters is 1. The number of nitriles is 1. The number of likely N-dealkylation sites (N-methyl/N-ethyl adjacent to an activating group) is 1. The molecule has 0 aromatic heterocycles. The molecule has 0 N–H and O–H groups in total. The zero-order valence-electron chi connectivity index (χ0n) is 10.1. The number of rotatable bonds is 5. The van der Waals surface area contributed by atoms with E-state index in [1.807, 2.05) is 30.1 Å². The van der Waals surface area contributed by atoms with E-state index in [4.69, 9.17) is 10.00 Å². The number of ether oxygens (including phenoxy) is 1. The summed E-state index contributed by atoms with van der Waals surface area (Å²) < 4.78 is 4.86. The Bertz CT molecular complexity index is 424. The maximum atomic E-state index is 11.3. The quantitative estimate of drug-likeness (QED) is 0.723. The number of carbonyl (C=O) groups excluding carboxylic acids is 1. The molecule has 1 rings (SSSR count). The van der Waals surface area contributed by atoms with Crippen LogP contribution in [0.15, 0.2) is 24.3 Å². The molecule has 0 bridgehead atoms. The van der Waals surface area contributed by atoms with Gasteiger partial charge in [0, 0.05) is 6.54 Å². The predicted octanol–water partition coefficient (Wildman–Crippen LogP) is 1.55. The summed E-state index contributed by atoms with van der Waals surface area (Å²) in [4.78, 5) is 13.1. The van der Waals surface area contributed by atoms with E-state index < -0.39 is 0 Å². The summed E-state index contributed by atoms with van der Waals surface area (Å²) in [5, 5.41) is 8.94. The van der Waals surface area contributed by atoms with Gasteiger partial charge in [0.05, 0.1) is 24.8 Å². The summed E-state index contributed by atoms with van der Waals surface area (Å²) in [6.07, 6.45) is 0. The van der Waals surface area contributed by atoms with E-state index in [9.17, 15) is 4.79 Å². The van der Waals surface area contributed by atoms with Gasteiger partial charge in [0.2, 0.25) is 0 Å². The lowest BCUT2D eigenvalue weighted by atomic mass is 10.1. The maximum Gasteiger partial charge on any atom is 0.320 e. The van der Waals surface area contributed by atoms with E-state index in [-0.39, 0.29) is 12.5 Å². The molecule has 0 saturated carbocycles. The molecule has 0 aliphatic rings. The molecule has 4 nitrogen and oxygen atoms in total. The molecular weight excluding hydrogens is 216 g/mol. The molecule has 0 atom stereocenters. The first-order chi connectivity index (χ1) is 8.17. The van der Waals surface area contributed by atoms with Gasteiger partial charge in [-0.05, 0) is 25.6 Å². The predicted molar refractivity (Wildman–Crippen MR) is 64.1 cm³/mol. The van der Waals surface area contributed by atoms with Crippen LogP contribution in [0.3, 0.4) is 0 Å². The smallest absolute Gasteiger partial charge is 0.320 e. The molecule has 0 spiro atoms. The van der Waals surface area contributed by atoms with Gasteiger partial charge in [-0.15, -0.1) is 0 Å². The van der Waals surface area contributed by atoms with Crippen LogP contribution in [0.4, 0.5) is 0 Å². The van der Waals surface area contributed by atoms with Gasteiger partial charge < -0.3 is 4.74 Å². The van der Waals surface area contributed by atoms with Gasteiger partial charge in [-0.1, -0.05) is 18.2 Å². The second-order valence-electron chi connectivity index (χ2n) is 3.75. The van der Waals surface area contributed by atoms with Crippen molar-refractivity contribution in [2.45, 2.75) is 13.5 Å². The Morgan fingerprint density at radius 3 is 2.82 bits per heavy atom. The second kappa shape index (κ2) is 6.66. The molecule has 0 fully saturated rings. The fourth-order valence-corrected chi connectivity index (χ4v) is 1.54. The summed E-state index contributed by atoms with van der Waals surface area (Å²) in [6, 6.07) is 9.51. The van der Waals surface area contributed by atoms with E-state index in [0.29, 0.717) is 18.7 Å². The minimum Gasteiger partial charge on any atom is -0.465 e. The van der Waals surface area contributed by atoms with Crippen molar-refractivity contribution >= 4 is 5.97 Å². The second-order valence-corrected chi connectivity index (χ2v) is 3.75. The van der Waals surface area contributed by atoms with E-state index in [1.165, 1.54) is 0 Å². The van der Waals surface area contributed by atoms with E-state index >= 15 is 0 Å². The summed E-state index contributed by atoms with van der Waals surface area (Å²) in [7, 11) is 1.82. The van der Waals surface area contributed by atoms with Crippen molar-refractivity contribution in [2.75, 3.05) is 20.2 Å². The lowest BCUT2D eigenvalue weighted by molar-refractivity contribution is -0.144. The van der Waals surface area contributed by atoms with Gasteiger partial charge in [0.25, 0.3) is 0 Å². The Labute approximate surface area is 101 Å². The monoisotopic (exact) mass is 232 g/mol. The molecule has 0 aliphatic heterocycles. The number of nitrogens with zero attached hydrogens (tertiary/aromatic N) is 2. The maximum absolute atomic E-state index is 11.3. The van der Waals surface area contributed by atoms with Gasteiger partial charge in [-0.3, -0.25) is 9.69 Å². The topological polar surface area (TPSA) is 53.3 Å². The van der Waals surface area contributed by atoms with Gasteiger partial charge in [-0.25, -0.2) is 0 Å². The lowest BCUT2D eigenvalue weighted by Crippen LogP contribution is -2.27. The number of carbonyl (C=O) groups is 1. The molecule has 1 aromatic rings. The molecule has 0 radical (unpaired) electrons. The van der Waals surface area contributed by atoms with Crippen LogP contribution in [0.5, 0.6) is 0 Å². The molecule has 0 heterocycles. The highest BCUT2D eigenvalue weighted by Crippen LogP contribution is 2.09. The molecule has 4 heteroatoms. The molecule has 0 unspecified atom stereocenters. The zero-order valence-corrected chi connectivity index (χ0v) is 10.1.